The molecule has 22 heavy (non-hydrogen) atoms. The Balaban J connectivity index is 2.68. The summed E-state index contributed by atoms with van der Waals surface area (Å²) in [7, 11) is 1.13. The fourth-order valence-corrected chi connectivity index (χ4v) is 1.72. The zero-order valence-corrected chi connectivity index (χ0v) is 12.3. The second-order valence-corrected chi connectivity index (χ2v) is 4.70. The van der Waals surface area contributed by atoms with Crippen LogP contribution < -0.4 is 10.6 Å². The van der Waals surface area contributed by atoms with E-state index in [0.717, 1.165) is 7.11 Å². The van der Waals surface area contributed by atoms with Gasteiger partial charge >= 0.3 is 12.3 Å². The maximum Gasteiger partial charge on any atom is 0.412 e. The number of alkyl halides is 3. The number of benzene rings is 1. The molecule has 9 heteroatoms. The number of ether oxygens (including phenoxy) is 1. The van der Waals surface area contributed by atoms with Crippen molar-refractivity contribution in [2.75, 3.05) is 13.7 Å². The van der Waals surface area contributed by atoms with Crippen LogP contribution in [0.2, 0.25) is 5.02 Å². The van der Waals surface area contributed by atoms with Gasteiger partial charge in [0.25, 0.3) is 0 Å². The van der Waals surface area contributed by atoms with Crippen LogP contribution in [-0.4, -0.2) is 31.8 Å². The van der Waals surface area contributed by atoms with E-state index in [1.165, 1.54) is 24.3 Å². The lowest BCUT2D eigenvalue weighted by molar-refractivity contribution is -0.163. The largest absolute Gasteiger partial charge is 0.453 e. The monoisotopic (exact) mass is 338 g/mol. The Hall–Kier alpha value is -1.96. The second-order valence-electron chi connectivity index (χ2n) is 4.26. The molecule has 1 rings (SSSR count). The second kappa shape index (κ2) is 7.88. The number of nitrogens with one attached hydrogen (secondary N) is 2. The number of amides is 2. The number of carbonyl (C=O) groups excluding carboxylic acids is 2. The molecule has 0 heterocycles. The van der Waals surface area contributed by atoms with Crippen molar-refractivity contribution in [2.45, 2.75) is 18.6 Å². The topological polar surface area (TPSA) is 67.4 Å². The molecule has 1 aromatic carbocycles. The van der Waals surface area contributed by atoms with Crippen LogP contribution >= 0.6 is 11.6 Å². The van der Waals surface area contributed by atoms with Gasteiger partial charge < -0.3 is 15.4 Å². The Bertz CT molecular complexity index is 520. The first-order chi connectivity index (χ1) is 10.2. The highest BCUT2D eigenvalue weighted by Crippen LogP contribution is 2.33. The van der Waals surface area contributed by atoms with Crippen LogP contribution in [0, 0.1) is 0 Å². The van der Waals surface area contributed by atoms with Crippen molar-refractivity contribution >= 4 is 23.6 Å². The Morgan fingerprint density at radius 3 is 2.36 bits per heavy atom. The average Bonchev–Trinajstić information content (AvgIpc) is 2.44. The van der Waals surface area contributed by atoms with Crippen LogP contribution in [0.25, 0.3) is 0 Å². The maximum absolute atomic E-state index is 13.0. The average molecular weight is 339 g/mol. The molecule has 0 aliphatic carbocycles. The van der Waals surface area contributed by atoms with Crippen molar-refractivity contribution < 1.29 is 27.5 Å². The third-order valence-corrected chi connectivity index (χ3v) is 2.89. The summed E-state index contributed by atoms with van der Waals surface area (Å²) in [5.74, 6) is -0.853. The van der Waals surface area contributed by atoms with E-state index in [-0.39, 0.29) is 18.5 Å². The van der Waals surface area contributed by atoms with Crippen LogP contribution in [0.4, 0.5) is 18.0 Å². The van der Waals surface area contributed by atoms with E-state index >= 15 is 0 Å². The summed E-state index contributed by atoms with van der Waals surface area (Å²) < 4.78 is 43.4. The maximum atomic E-state index is 13.0. The lowest BCUT2D eigenvalue weighted by atomic mass is 10.1. The molecule has 2 N–H and O–H groups in total. The van der Waals surface area contributed by atoms with Gasteiger partial charge in [0.1, 0.15) is 0 Å². The van der Waals surface area contributed by atoms with Crippen molar-refractivity contribution in [3.05, 3.63) is 34.9 Å². The van der Waals surface area contributed by atoms with E-state index in [1.807, 2.05) is 5.32 Å². The van der Waals surface area contributed by atoms with Crippen molar-refractivity contribution in [3.63, 3.8) is 0 Å². The van der Waals surface area contributed by atoms with Crippen molar-refractivity contribution in [1.29, 1.82) is 0 Å². The highest BCUT2D eigenvalue weighted by Gasteiger charge is 2.41. The summed E-state index contributed by atoms with van der Waals surface area (Å²) in [4.78, 5) is 22.4. The fraction of sp³-hybridized carbons (Fsp3) is 0.385. The highest BCUT2D eigenvalue weighted by atomic mass is 35.5. The summed E-state index contributed by atoms with van der Waals surface area (Å²) in [6.07, 6.45) is -5.73. The van der Waals surface area contributed by atoms with E-state index in [4.69, 9.17) is 11.6 Å². The first kappa shape index (κ1) is 18.1. The molecule has 0 bridgehead atoms. The SMILES string of the molecule is COC(=O)NCCC(=O)NC(c1ccc(Cl)cc1)C(F)(F)F. The first-order valence-electron chi connectivity index (χ1n) is 6.17. The Kier molecular flexibility index (Phi) is 6.48. The van der Waals surface area contributed by atoms with Crippen LogP contribution in [0.1, 0.15) is 18.0 Å². The molecule has 122 valence electrons. The standard InChI is InChI=1S/C13H14ClF3N2O3/c1-22-12(21)18-7-6-10(20)19-11(13(15,16)17)8-2-4-9(14)5-3-8/h2-5,11H,6-7H2,1H3,(H,18,21)(H,19,20). The van der Waals surface area contributed by atoms with E-state index in [0.29, 0.717) is 5.02 Å². The number of hydrogen-bond acceptors (Lipinski definition) is 3. The molecule has 0 fully saturated rings. The van der Waals surface area contributed by atoms with Gasteiger partial charge in [0.15, 0.2) is 6.04 Å². The van der Waals surface area contributed by atoms with Gasteiger partial charge in [-0.2, -0.15) is 13.2 Å². The van der Waals surface area contributed by atoms with E-state index < -0.39 is 24.2 Å². The predicted octanol–water partition coefficient (Wildman–Crippen LogP) is 2.81. The predicted molar refractivity (Wildman–Crippen MR) is 73.4 cm³/mol. The number of halogens is 4. The van der Waals surface area contributed by atoms with Crippen LogP contribution in [-0.2, 0) is 9.53 Å². The van der Waals surface area contributed by atoms with Gasteiger partial charge in [-0.3, -0.25) is 4.79 Å². The zero-order chi connectivity index (χ0) is 16.8. The third-order valence-electron chi connectivity index (χ3n) is 2.64. The summed E-state index contributed by atoms with van der Waals surface area (Å²) in [6.45, 7) is -0.135. The molecule has 1 atom stereocenters. The van der Waals surface area contributed by atoms with Crippen molar-refractivity contribution in [3.8, 4) is 0 Å². The number of hydrogen-bond donors (Lipinski definition) is 2. The molecular formula is C13H14ClF3N2O3. The van der Waals surface area contributed by atoms with E-state index in [9.17, 15) is 22.8 Å². The minimum atomic E-state index is -4.65. The highest BCUT2D eigenvalue weighted by molar-refractivity contribution is 6.30. The molecule has 0 aliphatic rings. The molecule has 0 saturated carbocycles. The minimum Gasteiger partial charge on any atom is -0.453 e. The number of carbonyl (C=O) groups is 2. The smallest absolute Gasteiger partial charge is 0.412 e. The molecule has 1 aromatic rings. The summed E-state index contributed by atoms with van der Waals surface area (Å²) >= 11 is 5.63. The summed E-state index contributed by atoms with van der Waals surface area (Å²) in [5, 5.41) is 4.38. The molecule has 0 saturated heterocycles. The molecule has 0 aromatic heterocycles. The van der Waals surface area contributed by atoms with Gasteiger partial charge in [-0.1, -0.05) is 23.7 Å². The zero-order valence-electron chi connectivity index (χ0n) is 11.5. The summed E-state index contributed by atoms with van der Waals surface area (Å²) in [5.41, 5.74) is -0.133. The molecular weight excluding hydrogens is 325 g/mol. The lowest BCUT2D eigenvalue weighted by Crippen LogP contribution is -2.39. The molecule has 1 unspecified atom stereocenters. The van der Waals surface area contributed by atoms with E-state index in [2.05, 4.69) is 10.1 Å². The van der Waals surface area contributed by atoms with Crippen LogP contribution in [0.5, 0.6) is 0 Å². The van der Waals surface area contributed by atoms with Gasteiger partial charge in [0.2, 0.25) is 5.91 Å². The quantitative estimate of drug-likeness (QED) is 0.867. The van der Waals surface area contributed by atoms with Crippen molar-refractivity contribution in [2.24, 2.45) is 0 Å². The Morgan fingerprint density at radius 1 is 1.27 bits per heavy atom. The Morgan fingerprint density at radius 2 is 1.86 bits per heavy atom. The molecule has 0 aliphatic heterocycles. The first-order valence-corrected chi connectivity index (χ1v) is 6.55. The molecule has 0 radical (unpaired) electrons. The van der Waals surface area contributed by atoms with Gasteiger partial charge in [0, 0.05) is 18.0 Å². The molecule has 2 amide bonds. The normalized spacial score (nSPS) is 12.4. The van der Waals surface area contributed by atoms with Gasteiger partial charge in [-0.05, 0) is 17.7 Å². The molecule has 5 nitrogen and oxygen atoms in total. The minimum absolute atomic E-state index is 0.133. The molecule has 0 spiro atoms. The fourth-order valence-electron chi connectivity index (χ4n) is 1.59. The van der Waals surface area contributed by atoms with Crippen LogP contribution in [0.15, 0.2) is 24.3 Å². The number of rotatable bonds is 5. The van der Waals surface area contributed by atoms with Gasteiger partial charge in [-0.15, -0.1) is 0 Å². The summed E-state index contributed by atoms with van der Waals surface area (Å²) in [6, 6.07) is 2.85. The number of methoxy groups -OCH3 is 1. The Labute approximate surface area is 129 Å². The van der Waals surface area contributed by atoms with E-state index in [1.54, 1.807) is 0 Å². The third kappa shape index (κ3) is 5.80. The number of alkyl carbamates (subject to hydrolysis) is 1. The van der Waals surface area contributed by atoms with Gasteiger partial charge in [0.05, 0.1) is 7.11 Å². The van der Waals surface area contributed by atoms with Gasteiger partial charge in [-0.25, -0.2) is 4.79 Å². The lowest BCUT2D eigenvalue weighted by Gasteiger charge is -2.22. The van der Waals surface area contributed by atoms with Crippen molar-refractivity contribution in [1.82, 2.24) is 10.6 Å². The van der Waals surface area contributed by atoms with Crippen LogP contribution in [0.3, 0.4) is 0 Å².